The van der Waals surface area contributed by atoms with Gasteiger partial charge in [-0.25, -0.2) is 0 Å². The van der Waals surface area contributed by atoms with E-state index in [0.29, 0.717) is 6.92 Å². The lowest BCUT2D eigenvalue weighted by atomic mass is 9.96. The topological polar surface area (TPSA) is 29.5 Å². The standard InChI is InChI=1S/C23H19F6O2S/c1-16(21(30,22(24,25)26)23(27,28)29)31-17-12-14-20(15-13-17)32(18-8-4-2-5-9-18)19-10-6-3-7-11-19/h2-16,30H,1H3/q+1. The Hall–Kier alpha value is -2.65. The molecule has 0 amide bonds. The van der Waals surface area contributed by atoms with E-state index >= 15 is 0 Å². The molecule has 32 heavy (non-hydrogen) atoms. The Kier molecular flexibility index (Phi) is 6.80. The highest BCUT2D eigenvalue weighted by molar-refractivity contribution is 7.97. The highest BCUT2D eigenvalue weighted by Gasteiger charge is 2.74. The zero-order chi connectivity index (χ0) is 23.6. The smallest absolute Gasteiger partial charge is 0.430 e. The van der Waals surface area contributed by atoms with Gasteiger partial charge in [-0.05, 0) is 55.5 Å². The number of rotatable bonds is 6. The van der Waals surface area contributed by atoms with Crippen LogP contribution in [0.2, 0.25) is 0 Å². The molecule has 0 saturated carbocycles. The van der Waals surface area contributed by atoms with E-state index in [-0.39, 0.29) is 5.75 Å². The number of hydrogen-bond acceptors (Lipinski definition) is 2. The summed E-state index contributed by atoms with van der Waals surface area (Å²) < 4.78 is 83.2. The van der Waals surface area contributed by atoms with E-state index in [0.717, 1.165) is 14.7 Å². The Morgan fingerprint density at radius 1 is 0.656 bits per heavy atom. The Bertz CT molecular complexity index is 951. The third kappa shape index (κ3) is 4.73. The second-order valence-corrected chi connectivity index (χ2v) is 8.95. The van der Waals surface area contributed by atoms with Crippen LogP contribution in [0.1, 0.15) is 6.92 Å². The summed E-state index contributed by atoms with van der Waals surface area (Å²) in [7, 11) is -0.546. The largest absolute Gasteiger partial charge is 0.487 e. The molecule has 9 heteroatoms. The van der Waals surface area contributed by atoms with Crippen molar-refractivity contribution < 1.29 is 36.2 Å². The van der Waals surface area contributed by atoms with Crippen LogP contribution in [0.15, 0.2) is 99.6 Å². The first-order valence-corrected chi connectivity index (χ1v) is 10.6. The monoisotopic (exact) mass is 473 g/mol. The first-order chi connectivity index (χ1) is 14.9. The third-order valence-corrected chi connectivity index (χ3v) is 7.01. The molecule has 0 aromatic heterocycles. The molecule has 0 fully saturated rings. The lowest BCUT2D eigenvalue weighted by Gasteiger charge is -2.36. The SMILES string of the molecule is CC(Oc1ccc([S+](c2ccccc2)c2ccccc2)cc1)C(O)(C(F)(F)F)C(F)(F)F. The van der Waals surface area contributed by atoms with Crippen LogP contribution in [0.5, 0.6) is 5.75 Å². The highest BCUT2D eigenvalue weighted by atomic mass is 32.2. The van der Waals surface area contributed by atoms with Crippen molar-refractivity contribution in [2.24, 2.45) is 0 Å². The van der Waals surface area contributed by atoms with Crippen molar-refractivity contribution in [2.75, 3.05) is 0 Å². The second-order valence-electron chi connectivity index (χ2n) is 6.93. The van der Waals surface area contributed by atoms with Gasteiger partial charge in [0, 0.05) is 0 Å². The Balaban J connectivity index is 1.91. The van der Waals surface area contributed by atoms with Gasteiger partial charge in [-0.15, -0.1) is 0 Å². The van der Waals surface area contributed by atoms with Gasteiger partial charge in [0.1, 0.15) is 11.9 Å². The predicted molar refractivity (Wildman–Crippen MR) is 109 cm³/mol. The minimum Gasteiger partial charge on any atom is -0.487 e. The summed E-state index contributed by atoms with van der Waals surface area (Å²) in [5.74, 6) is -0.224. The number of aliphatic hydroxyl groups is 1. The van der Waals surface area contributed by atoms with E-state index in [4.69, 9.17) is 4.74 Å². The molecule has 1 unspecified atom stereocenters. The zero-order valence-electron chi connectivity index (χ0n) is 16.7. The molecule has 1 atom stereocenters. The predicted octanol–water partition coefficient (Wildman–Crippen LogP) is 6.41. The summed E-state index contributed by atoms with van der Waals surface area (Å²) in [6, 6.07) is 24.8. The molecule has 0 radical (unpaired) electrons. The maximum absolute atomic E-state index is 13.0. The van der Waals surface area contributed by atoms with Gasteiger partial charge in [0.05, 0.1) is 10.9 Å². The molecule has 2 nitrogen and oxygen atoms in total. The molecule has 1 N–H and O–H groups in total. The third-order valence-electron chi connectivity index (χ3n) is 4.78. The summed E-state index contributed by atoms with van der Waals surface area (Å²) in [6.07, 6.45) is -14.5. The highest BCUT2D eigenvalue weighted by Crippen LogP contribution is 2.46. The molecule has 3 aromatic carbocycles. The number of benzene rings is 3. The number of alkyl halides is 6. The number of hydrogen-bond donors (Lipinski definition) is 1. The summed E-state index contributed by atoms with van der Waals surface area (Å²) in [5.41, 5.74) is -5.00. The molecule has 170 valence electrons. The van der Waals surface area contributed by atoms with Crippen LogP contribution in [0, 0.1) is 0 Å². The molecule has 3 aromatic rings. The molecule has 3 rings (SSSR count). The molecular formula is C23H19F6O2S+. The minimum atomic E-state index is -5.96. The quantitative estimate of drug-likeness (QED) is 0.331. The van der Waals surface area contributed by atoms with Gasteiger partial charge >= 0.3 is 12.4 Å². The van der Waals surface area contributed by atoms with Gasteiger partial charge in [0.25, 0.3) is 5.60 Å². The van der Waals surface area contributed by atoms with Crippen molar-refractivity contribution in [2.45, 2.75) is 45.7 Å². The summed E-state index contributed by atoms with van der Waals surface area (Å²) in [4.78, 5) is 2.78. The van der Waals surface area contributed by atoms with Crippen molar-refractivity contribution in [1.82, 2.24) is 0 Å². The van der Waals surface area contributed by atoms with Gasteiger partial charge in [0.2, 0.25) is 0 Å². The van der Waals surface area contributed by atoms with Gasteiger partial charge in [-0.2, -0.15) is 26.3 Å². The van der Waals surface area contributed by atoms with Crippen LogP contribution in [0.25, 0.3) is 0 Å². The Morgan fingerprint density at radius 3 is 1.41 bits per heavy atom. The van der Waals surface area contributed by atoms with Gasteiger partial charge < -0.3 is 9.84 Å². The first kappa shape index (κ1) is 24.0. The lowest BCUT2D eigenvalue weighted by Crippen LogP contribution is -2.64. The van der Waals surface area contributed by atoms with Crippen molar-refractivity contribution in [3.05, 3.63) is 84.9 Å². The van der Waals surface area contributed by atoms with Gasteiger partial charge in [0.15, 0.2) is 14.7 Å². The van der Waals surface area contributed by atoms with Crippen molar-refractivity contribution in [3.8, 4) is 5.75 Å². The molecule has 0 aliphatic heterocycles. The van der Waals surface area contributed by atoms with Crippen molar-refractivity contribution in [3.63, 3.8) is 0 Å². The summed E-state index contributed by atoms with van der Waals surface area (Å²) in [6.45, 7) is 0.535. The summed E-state index contributed by atoms with van der Waals surface area (Å²) >= 11 is 0. The Labute approximate surface area is 183 Å². The lowest BCUT2D eigenvalue weighted by molar-refractivity contribution is -0.386. The number of ether oxygens (including phenoxy) is 1. The van der Waals surface area contributed by atoms with Crippen LogP contribution >= 0.6 is 0 Å². The number of halogens is 6. The first-order valence-electron chi connectivity index (χ1n) is 9.42. The molecule has 0 heterocycles. The molecule has 0 aliphatic carbocycles. The van der Waals surface area contributed by atoms with E-state index < -0.39 is 35.0 Å². The van der Waals surface area contributed by atoms with Crippen LogP contribution < -0.4 is 4.74 Å². The zero-order valence-corrected chi connectivity index (χ0v) is 17.5. The molecule has 0 bridgehead atoms. The van der Waals surface area contributed by atoms with Gasteiger partial charge in [-0.3, -0.25) is 0 Å². The fraction of sp³-hybridized carbons (Fsp3) is 0.217. The molecule has 0 spiro atoms. The van der Waals surface area contributed by atoms with Crippen molar-refractivity contribution in [1.29, 1.82) is 0 Å². The van der Waals surface area contributed by atoms with Crippen molar-refractivity contribution >= 4 is 10.9 Å². The van der Waals surface area contributed by atoms with E-state index in [1.54, 1.807) is 12.1 Å². The average molecular weight is 473 g/mol. The summed E-state index contributed by atoms with van der Waals surface area (Å²) in [5, 5.41) is 9.48. The van der Waals surface area contributed by atoms with Crippen LogP contribution in [-0.2, 0) is 10.9 Å². The van der Waals surface area contributed by atoms with E-state index in [9.17, 15) is 31.4 Å². The molecular weight excluding hydrogens is 454 g/mol. The minimum absolute atomic E-state index is 0.224. The molecule has 0 aliphatic rings. The fourth-order valence-corrected chi connectivity index (χ4v) is 5.17. The van der Waals surface area contributed by atoms with E-state index in [1.807, 2.05) is 60.7 Å². The van der Waals surface area contributed by atoms with E-state index in [1.165, 1.54) is 12.1 Å². The maximum atomic E-state index is 13.0. The average Bonchev–Trinajstić information content (AvgIpc) is 2.74. The molecule has 0 saturated heterocycles. The van der Waals surface area contributed by atoms with E-state index in [2.05, 4.69) is 0 Å². The normalized spacial score (nSPS) is 13.8. The van der Waals surface area contributed by atoms with Crippen LogP contribution in [0.4, 0.5) is 26.3 Å². The maximum Gasteiger partial charge on any atom is 0.430 e. The van der Waals surface area contributed by atoms with Crippen LogP contribution in [-0.4, -0.2) is 29.2 Å². The second kappa shape index (κ2) is 9.07. The fourth-order valence-electron chi connectivity index (χ4n) is 3.09. The van der Waals surface area contributed by atoms with Gasteiger partial charge in [-0.1, -0.05) is 36.4 Å². The van der Waals surface area contributed by atoms with Crippen LogP contribution in [0.3, 0.4) is 0 Å². The Morgan fingerprint density at radius 2 is 1.03 bits per heavy atom.